The molecule has 0 spiro atoms. The molecule has 0 saturated heterocycles. The standard InChI is InChI=1S/C31H55NO4/c1-8-21-25-17-20(33)11-14-31(25,7)24-12-15-30(6)22(9-10-23(30)26(24)27(21)34)19(2)13-16-36-28(35)32-18-29(3,4)5/h19-27,33-34H,8-18H2,1-7H3,(H,32,35)/t19-,20-,21-,22-,23+,24+,25?,26?,27-,30?,31-/m1/s1. The van der Waals surface area contributed by atoms with E-state index in [1.165, 1.54) is 25.7 Å². The molecule has 3 unspecified atom stereocenters. The van der Waals surface area contributed by atoms with Gasteiger partial charge in [-0.3, -0.25) is 0 Å². The van der Waals surface area contributed by atoms with E-state index in [0.717, 1.165) is 32.1 Å². The van der Waals surface area contributed by atoms with Crippen LogP contribution in [0.15, 0.2) is 0 Å². The Morgan fingerprint density at radius 3 is 2.36 bits per heavy atom. The molecule has 0 aromatic heterocycles. The van der Waals surface area contributed by atoms with Gasteiger partial charge >= 0.3 is 6.09 Å². The lowest BCUT2D eigenvalue weighted by molar-refractivity contribution is -0.203. The molecular formula is C31H55NO4. The van der Waals surface area contributed by atoms with Crippen molar-refractivity contribution in [3.63, 3.8) is 0 Å². The van der Waals surface area contributed by atoms with Crippen molar-refractivity contribution in [1.82, 2.24) is 5.32 Å². The first-order valence-corrected chi connectivity index (χ1v) is 15.1. The molecule has 0 bridgehead atoms. The predicted octanol–water partition coefficient (Wildman–Crippen LogP) is 6.41. The van der Waals surface area contributed by atoms with Crippen molar-refractivity contribution < 1.29 is 19.7 Å². The Balaban J connectivity index is 1.42. The molecule has 4 fully saturated rings. The first-order valence-electron chi connectivity index (χ1n) is 15.1. The molecule has 4 aliphatic rings. The smallest absolute Gasteiger partial charge is 0.407 e. The fraction of sp³-hybridized carbons (Fsp3) is 0.968. The van der Waals surface area contributed by atoms with Gasteiger partial charge in [0.2, 0.25) is 0 Å². The van der Waals surface area contributed by atoms with Crippen LogP contribution in [-0.2, 0) is 4.74 Å². The Bertz CT molecular complexity index is 779. The molecule has 0 aliphatic heterocycles. The van der Waals surface area contributed by atoms with Crippen molar-refractivity contribution in [2.45, 2.75) is 118 Å². The van der Waals surface area contributed by atoms with Crippen molar-refractivity contribution in [2.75, 3.05) is 13.2 Å². The van der Waals surface area contributed by atoms with Crippen LogP contribution in [0.2, 0.25) is 0 Å². The molecule has 0 aromatic carbocycles. The van der Waals surface area contributed by atoms with E-state index in [1.807, 2.05) is 0 Å². The summed E-state index contributed by atoms with van der Waals surface area (Å²) in [5.41, 5.74) is 0.558. The van der Waals surface area contributed by atoms with Gasteiger partial charge in [-0.1, -0.05) is 54.9 Å². The van der Waals surface area contributed by atoms with Crippen molar-refractivity contribution in [2.24, 2.45) is 57.7 Å². The number of carbonyl (C=O) groups is 1. The minimum atomic E-state index is -0.301. The van der Waals surface area contributed by atoms with Gasteiger partial charge in [-0.05, 0) is 109 Å². The van der Waals surface area contributed by atoms with Gasteiger partial charge in [0, 0.05) is 6.54 Å². The molecule has 11 atom stereocenters. The average molecular weight is 506 g/mol. The van der Waals surface area contributed by atoms with Gasteiger partial charge in [0.1, 0.15) is 0 Å². The van der Waals surface area contributed by atoms with E-state index < -0.39 is 0 Å². The largest absolute Gasteiger partial charge is 0.450 e. The number of hydrogen-bond donors (Lipinski definition) is 3. The molecule has 4 saturated carbocycles. The highest BCUT2D eigenvalue weighted by molar-refractivity contribution is 5.67. The first kappa shape index (κ1) is 28.2. The third-order valence-corrected chi connectivity index (χ3v) is 11.7. The van der Waals surface area contributed by atoms with Crippen molar-refractivity contribution in [3.8, 4) is 0 Å². The van der Waals surface area contributed by atoms with Gasteiger partial charge in [-0.2, -0.15) is 0 Å². The number of aliphatic hydroxyl groups is 2. The number of amides is 1. The van der Waals surface area contributed by atoms with Crippen LogP contribution in [0.4, 0.5) is 4.79 Å². The molecule has 36 heavy (non-hydrogen) atoms. The Kier molecular flexibility index (Phi) is 8.14. The summed E-state index contributed by atoms with van der Waals surface area (Å²) in [6, 6.07) is 0. The lowest BCUT2D eigenvalue weighted by Crippen LogP contribution is -2.62. The lowest BCUT2D eigenvalue weighted by Gasteiger charge is -2.64. The molecular weight excluding hydrogens is 450 g/mol. The second-order valence-corrected chi connectivity index (χ2v) is 14.9. The third kappa shape index (κ3) is 5.09. The number of nitrogens with one attached hydrogen (secondary N) is 1. The Hall–Kier alpha value is -0.810. The summed E-state index contributed by atoms with van der Waals surface area (Å²) in [7, 11) is 0. The minimum absolute atomic E-state index is 0.0492. The average Bonchev–Trinajstić information content (AvgIpc) is 3.16. The normalized spacial score (nSPS) is 45.2. The van der Waals surface area contributed by atoms with Gasteiger partial charge in [0.25, 0.3) is 0 Å². The fourth-order valence-corrected chi connectivity index (χ4v) is 9.86. The predicted molar refractivity (Wildman–Crippen MR) is 144 cm³/mol. The van der Waals surface area contributed by atoms with Gasteiger partial charge in [-0.15, -0.1) is 0 Å². The van der Waals surface area contributed by atoms with Gasteiger partial charge in [-0.25, -0.2) is 4.79 Å². The van der Waals surface area contributed by atoms with Crippen molar-refractivity contribution in [1.29, 1.82) is 0 Å². The number of hydrogen-bond acceptors (Lipinski definition) is 4. The molecule has 208 valence electrons. The van der Waals surface area contributed by atoms with E-state index in [1.54, 1.807) is 0 Å². The Labute approximate surface area is 220 Å². The molecule has 0 aromatic rings. The summed E-state index contributed by atoms with van der Waals surface area (Å²) in [5.74, 6) is 3.43. The monoisotopic (exact) mass is 505 g/mol. The highest BCUT2D eigenvalue weighted by atomic mass is 16.5. The maximum absolute atomic E-state index is 12.1. The molecule has 0 radical (unpaired) electrons. The summed E-state index contributed by atoms with van der Waals surface area (Å²) in [6.07, 6.45) is 9.00. The lowest BCUT2D eigenvalue weighted by atomic mass is 9.41. The van der Waals surface area contributed by atoms with Crippen molar-refractivity contribution in [3.05, 3.63) is 0 Å². The number of aliphatic hydroxyl groups excluding tert-OH is 2. The van der Waals surface area contributed by atoms with Crippen LogP contribution in [0, 0.1) is 57.7 Å². The van der Waals surface area contributed by atoms with E-state index in [2.05, 4.69) is 53.8 Å². The van der Waals surface area contributed by atoms with Crippen LogP contribution in [0.3, 0.4) is 0 Å². The zero-order valence-electron chi connectivity index (χ0n) is 24.2. The van der Waals surface area contributed by atoms with Crippen LogP contribution in [0.5, 0.6) is 0 Å². The topological polar surface area (TPSA) is 78.8 Å². The van der Waals surface area contributed by atoms with E-state index in [4.69, 9.17) is 4.74 Å². The highest BCUT2D eigenvalue weighted by Crippen LogP contribution is 2.69. The second-order valence-electron chi connectivity index (χ2n) is 14.9. The third-order valence-electron chi connectivity index (χ3n) is 11.7. The maximum Gasteiger partial charge on any atom is 0.407 e. The highest BCUT2D eigenvalue weighted by Gasteiger charge is 2.64. The van der Waals surface area contributed by atoms with E-state index in [9.17, 15) is 15.0 Å². The zero-order chi connectivity index (χ0) is 26.5. The quantitative estimate of drug-likeness (QED) is 0.390. The van der Waals surface area contributed by atoms with E-state index >= 15 is 0 Å². The molecule has 4 aliphatic carbocycles. The number of ether oxygens (including phenoxy) is 1. The van der Waals surface area contributed by atoms with Crippen LogP contribution in [-0.4, -0.2) is 41.7 Å². The Morgan fingerprint density at radius 2 is 1.69 bits per heavy atom. The van der Waals surface area contributed by atoms with Gasteiger partial charge < -0.3 is 20.3 Å². The van der Waals surface area contributed by atoms with Crippen LogP contribution < -0.4 is 5.32 Å². The molecule has 1 amide bonds. The molecule has 4 rings (SSSR count). The summed E-state index contributed by atoms with van der Waals surface area (Å²) in [4.78, 5) is 12.1. The fourth-order valence-electron chi connectivity index (χ4n) is 9.86. The summed E-state index contributed by atoms with van der Waals surface area (Å²) in [5, 5.41) is 25.2. The van der Waals surface area contributed by atoms with E-state index in [-0.39, 0.29) is 34.5 Å². The Morgan fingerprint density at radius 1 is 1.03 bits per heavy atom. The van der Waals surface area contributed by atoms with Gasteiger partial charge in [0.05, 0.1) is 18.8 Å². The van der Waals surface area contributed by atoms with Crippen LogP contribution >= 0.6 is 0 Å². The molecule has 5 heteroatoms. The molecule has 3 N–H and O–H groups in total. The number of alkyl carbamates (subject to hydrolysis) is 1. The number of carbonyl (C=O) groups excluding carboxylic acids is 1. The van der Waals surface area contributed by atoms with Crippen molar-refractivity contribution >= 4 is 6.09 Å². The number of fused-ring (bicyclic) bond motifs is 5. The summed E-state index contributed by atoms with van der Waals surface area (Å²) >= 11 is 0. The molecule has 0 heterocycles. The second kappa shape index (κ2) is 10.4. The first-order chi connectivity index (χ1) is 16.8. The summed E-state index contributed by atoms with van der Waals surface area (Å²) in [6.45, 7) is 17.0. The van der Waals surface area contributed by atoms with Crippen LogP contribution in [0.25, 0.3) is 0 Å². The maximum atomic E-state index is 12.1. The minimum Gasteiger partial charge on any atom is -0.450 e. The summed E-state index contributed by atoms with van der Waals surface area (Å²) < 4.78 is 5.54. The molecule has 5 nitrogen and oxygen atoms in total. The zero-order valence-corrected chi connectivity index (χ0v) is 24.2. The SMILES string of the molecule is CC[C@@H]1C2C[C@H](O)CC[C@]2(C)[C@H]2CCC3(C)[C@@H]([C@H](C)CCOC(=O)NCC(C)(C)C)CC[C@H]3C2[C@@H]1O. The van der Waals surface area contributed by atoms with Gasteiger partial charge in [0.15, 0.2) is 0 Å². The van der Waals surface area contributed by atoms with E-state index in [0.29, 0.717) is 54.6 Å². The van der Waals surface area contributed by atoms with Crippen LogP contribution in [0.1, 0.15) is 106 Å². The number of rotatable bonds is 6.